The molecule has 5 heteroatoms. The number of thiophene rings is 1. The summed E-state index contributed by atoms with van der Waals surface area (Å²) in [7, 11) is 0. The number of aryl methyl sites for hydroxylation is 1. The maximum atomic E-state index is 12.0. The Hall–Kier alpha value is -1.88. The Labute approximate surface area is 128 Å². The molecule has 0 bridgehead atoms. The first kappa shape index (κ1) is 14.1. The van der Waals surface area contributed by atoms with Crippen LogP contribution in [0.2, 0.25) is 0 Å². The third-order valence-electron chi connectivity index (χ3n) is 3.64. The molecule has 1 aliphatic rings. The second-order valence-corrected chi connectivity index (χ2v) is 6.12. The van der Waals surface area contributed by atoms with Gasteiger partial charge >= 0.3 is 6.09 Å². The molecule has 2 aromatic heterocycles. The lowest BCUT2D eigenvalue weighted by atomic mass is 10.1. The third-order valence-corrected chi connectivity index (χ3v) is 4.59. The lowest BCUT2D eigenvalue weighted by molar-refractivity contribution is 0.0973. The van der Waals surface area contributed by atoms with Crippen LogP contribution in [-0.4, -0.2) is 29.1 Å². The van der Waals surface area contributed by atoms with Gasteiger partial charge in [-0.1, -0.05) is 6.07 Å². The van der Waals surface area contributed by atoms with Gasteiger partial charge in [0.2, 0.25) is 0 Å². The van der Waals surface area contributed by atoms with E-state index in [4.69, 9.17) is 4.74 Å². The summed E-state index contributed by atoms with van der Waals surface area (Å²) in [4.78, 5) is 19.2. The fraction of sp³-hybridized carbons (Fsp3) is 0.375. The largest absolute Gasteiger partial charge is 0.449 e. The summed E-state index contributed by atoms with van der Waals surface area (Å²) in [6.45, 7) is 1.90. The monoisotopic (exact) mass is 302 g/mol. The SMILES string of the molecule is O=C(OCCCc1cccnc1)N1CCc2ccsc2C1. The molecule has 0 saturated heterocycles. The molecule has 0 fully saturated rings. The van der Waals surface area contributed by atoms with E-state index < -0.39 is 0 Å². The molecule has 0 saturated carbocycles. The van der Waals surface area contributed by atoms with Crippen LogP contribution < -0.4 is 0 Å². The second-order valence-electron chi connectivity index (χ2n) is 5.12. The van der Waals surface area contributed by atoms with Gasteiger partial charge in [-0.2, -0.15) is 0 Å². The van der Waals surface area contributed by atoms with Gasteiger partial charge in [-0.05, 0) is 47.9 Å². The van der Waals surface area contributed by atoms with E-state index in [9.17, 15) is 4.79 Å². The van der Waals surface area contributed by atoms with E-state index in [1.165, 1.54) is 16.0 Å². The Morgan fingerprint density at radius 2 is 2.38 bits per heavy atom. The number of nitrogens with zero attached hydrogens (tertiary/aromatic N) is 2. The molecule has 0 unspecified atom stereocenters. The predicted molar refractivity (Wildman–Crippen MR) is 82.3 cm³/mol. The van der Waals surface area contributed by atoms with Gasteiger partial charge in [0.1, 0.15) is 0 Å². The average molecular weight is 302 g/mol. The molecule has 3 heterocycles. The molecule has 0 aromatic carbocycles. The van der Waals surface area contributed by atoms with Crippen molar-refractivity contribution in [1.29, 1.82) is 0 Å². The topological polar surface area (TPSA) is 42.4 Å². The van der Waals surface area contributed by atoms with Crippen LogP contribution in [0.4, 0.5) is 4.79 Å². The number of carbonyl (C=O) groups excluding carboxylic acids is 1. The highest BCUT2D eigenvalue weighted by Crippen LogP contribution is 2.24. The minimum Gasteiger partial charge on any atom is -0.449 e. The van der Waals surface area contributed by atoms with E-state index in [2.05, 4.69) is 16.4 Å². The zero-order valence-corrected chi connectivity index (χ0v) is 12.6. The van der Waals surface area contributed by atoms with Crippen LogP contribution in [0.3, 0.4) is 0 Å². The standard InChI is InChI=1S/C16H18N2O2S/c19-16(18-8-5-14-6-10-21-15(14)12-18)20-9-2-4-13-3-1-7-17-11-13/h1,3,6-7,10-11H,2,4-5,8-9,12H2. The van der Waals surface area contributed by atoms with Crippen LogP contribution in [-0.2, 0) is 24.1 Å². The summed E-state index contributed by atoms with van der Waals surface area (Å²) >= 11 is 1.72. The number of rotatable bonds is 4. The van der Waals surface area contributed by atoms with Gasteiger partial charge in [0.25, 0.3) is 0 Å². The molecule has 110 valence electrons. The van der Waals surface area contributed by atoms with Gasteiger partial charge < -0.3 is 9.64 Å². The van der Waals surface area contributed by atoms with E-state index in [0.717, 1.165) is 25.8 Å². The van der Waals surface area contributed by atoms with Crippen LogP contribution in [0.25, 0.3) is 0 Å². The molecule has 0 radical (unpaired) electrons. The first-order chi connectivity index (χ1) is 10.3. The van der Waals surface area contributed by atoms with Crippen molar-refractivity contribution in [1.82, 2.24) is 9.88 Å². The Morgan fingerprint density at radius 1 is 1.43 bits per heavy atom. The van der Waals surface area contributed by atoms with E-state index in [1.807, 2.05) is 18.3 Å². The maximum Gasteiger partial charge on any atom is 0.410 e. The van der Waals surface area contributed by atoms with E-state index in [0.29, 0.717) is 13.2 Å². The molecule has 0 spiro atoms. The zero-order chi connectivity index (χ0) is 14.5. The van der Waals surface area contributed by atoms with Gasteiger partial charge in [0.05, 0.1) is 13.2 Å². The van der Waals surface area contributed by atoms with Crippen LogP contribution in [0.5, 0.6) is 0 Å². The van der Waals surface area contributed by atoms with Crippen molar-refractivity contribution < 1.29 is 9.53 Å². The van der Waals surface area contributed by atoms with Gasteiger partial charge in [0, 0.05) is 23.8 Å². The van der Waals surface area contributed by atoms with Crippen LogP contribution in [0, 0.1) is 0 Å². The van der Waals surface area contributed by atoms with Crippen molar-refractivity contribution in [2.45, 2.75) is 25.8 Å². The van der Waals surface area contributed by atoms with Crippen molar-refractivity contribution in [3.05, 3.63) is 52.0 Å². The van der Waals surface area contributed by atoms with Crippen LogP contribution in [0.15, 0.2) is 36.0 Å². The van der Waals surface area contributed by atoms with Crippen molar-refractivity contribution in [3.8, 4) is 0 Å². The van der Waals surface area contributed by atoms with Gasteiger partial charge in [-0.25, -0.2) is 4.79 Å². The number of fused-ring (bicyclic) bond motifs is 1. The third kappa shape index (κ3) is 3.61. The fourth-order valence-corrected chi connectivity index (χ4v) is 3.41. The molecule has 0 atom stereocenters. The first-order valence-electron chi connectivity index (χ1n) is 7.19. The normalized spacial score (nSPS) is 13.8. The highest BCUT2D eigenvalue weighted by molar-refractivity contribution is 7.10. The van der Waals surface area contributed by atoms with Crippen molar-refractivity contribution in [2.24, 2.45) is 0 Å². The van der Waals surface area contributed by atoms with Crippen molar-refractivity contribution >= 4 is 17.4 Å². The Balaban J connectivity index is 1.41. The molecule has 4 nitrogen and oxygen atoms in total. The number of hydrogen-bond donors (Lipinski definition) is 0. The lowest BCUT2D eigenvalue weighted by Gasteiger charge is -2.26. The highest BCUT2D eigenvalue weighted by Gasteiger charge is 2.22. The molecule has 0 N–H and O–H groups in total. The smallest absolute Gasteiger partial charge is 0.410 e. The summed E-state index contributed by atoms with van der Waals surface area (Å²) in [6.07, 6.45) is 6.07. The lowest BCUT2D eigenvalue weighted by Crippen LogP contribution is -2.35. The summed E-state index contributed by atoms with van der Waals surface area (Å²) in [5.41, 5.74) is 2.55. The van der Waals surface area contributed by atoms with E-state index >= 15 is 0 Å². The Bertz CT molecular complexity index is 597. The molecule has 3 rings (SSSR count). The minimum atomic E-state index is -0.194. The second kappa shape index (κ2) is 6.72. The van der Waals surface area contributed by atoms with Gasteiger partial charge in [0.15, 0.2) is 0 Å². The summed E-state index contributed by atoms with van der Waals surface area (Å²) in [5.74, 6) is 0. The van der Waals surface area contributed by atoms with Gasteiger partial charge in [-0.3, -0.25) is 4.98 Å². The highest BCUT2D eigenvalue weighted by atomic mass is 32.1. The molecule has 0 aliphatic carbocycles. The van der Waals surface area contributed by atoms with Crippen molar-refractivity contribution in [2.75, 3.05) is 13.2 Å². The maximum absolute atomic E-state index is 12.0. The van der Waals surface area contributed by atoms with Crippen molar-refractivity contribution in [3.63, 3.8) is 0 Å². The number of pyridine rings is 1. The summed E-state index contributed by atoms with van der Waals surface area (Å²) < 4.78 is 5.37. The van der Waals surface area contributed by atoms with E-state index in [-0.39, 0.29) is 6.09 Å². The minimum absolute atomic E-state index is 0.194. The molecule has 21 heavy (non-hydrogen) atoms. The average Bonchev–Trinajstić information content (AvgIpc) is 3.00. The molecule has 1 amide bonds. The van der Waals surface area contributed by atoms with Crippen LogP contribution >= 0.6 is 11.3 Å². The number of carbonyl (C=O) groups is 1. The zero-order valence-electron chi connectivity index (χ0n) is 11.8. The molecule has 1 aliphatic heterocycles. The van der Waals surface area contributed by atoms with Crippen LogP contribution in [0.1, 0.15) is 22.4 Å². The van der Waals surface area contributed by atoms with E-state index in [1.54, 1.807) is 22.4 Å². The number of hydrogen-bond acceptors (Lipinski definition) is 4. The molecule has 2 aromatic rings. The Morgan fingerprint density at radius 3 is 3.24 bits per heavy atom. The molecular formula is C16H18N2O2S. The quantitative estimate of drug-likeness (QED) is 0.814. The Kier molecular flexibility index (Phi) is 4.50. The number of ether oxygens (including phenoxy) is 1. The summed E-state index contributed by atoms with van der Waals surface area (Å²) in [6, 6.07) is 6.11. The summed E-state index contributed by atoms with van der Waals surface area (Å²) in [5, 5.41) is 2.09. The predicted octanol–water partition coefficient (Wildman–Crippen LogP) is 3.27. The van der Waals surface area contributed by atoms with Gasteiger partial charge in [-0.15, -0.1) is 11.3 Å². The number of amides is 1. The molecular weight excluding hydrogens is 284 g/mol. The number of aromatic nitrogens is 1. The fourth-order valence-electron chi connectivity index (χ4n) is 2.47. The first-order valence-corrected chi connectivity index (χ1v) is 8.07.